The maximum absolute atomic E-state index is 9.67. The van der Waals surface area contributed by atoms with Gasteiger partial charge >= 0.3 is 7.54 Å². The van der Waals surface area contributed by atoms with Crippen LogP contribution in [0.2, 0.25) is 0 Å². The Morgan fingerprint density at radius 1 is 1.00 bits per heavy atom. The van der Waals surface area contributed by atoms with Crippen molar-refractivity contribution < 1.29 is 17.7 Å². The molecule has 0 unspecified atom stereocenters. The Labute approximate surface area is 52.4 Å². The molecule has 1 aliphatic rings. The summed E-state index contributed by atoms with van der Waals surface area (Å²) < 4.78 is 33.9. The summed E-state index contributed by atoms with van der Waals surface area (Å²) in [6.07, 6.45) is 2.56. The molecule has 0 aromatic carbocycles. The molecule has 0 amide bonds. The molecule has 1 heterocycles. The van der Waals surface area contributed by atoms with Crippen LogP contribution in [0.25, 0.3) is 0 Å². The fourth-order valence-corrected chi connectivity index (χ4v) is 0.510. The van der Waals surface area contributed by atoms with Gasteiger partial charge in [0, 0.05) is 13.2 Å². The number of halogens is 3. The molecular formula is C4H8BF3O. The van der Waals surface area contributed by atoms with Crippen molar-refractivity contribution in [3.63, 3.8) is 0 Å². The van der Waals surface area contributed by atoms with Crippen LogP contribution in [-0.4, -0.2) is 20.8 Å². The molecule has 1 saturated heterocycles. The van der Waals surface area contributed by atoms with Crippen LogP contribution in [-0.2, 0) is 4.74 Å². The topological polar surface area (TPSA) is 9.23 Å². The first-order valence-corrected chi connectivity index (χ1v) is 2.73. The highest BCUT2D eigenvalue weighted by Crippen LogP contribution is 1.98. The first kappa shape index (κ1) is 8.81. The molecule has 0 N–H and O–H groups in total. The summed E-state index contributed by atoms with van der Waals surface area (Å²) >= 11 is 0. The second kappa shape index (κ2) is 5.94. The van der Waals surface area contributed by atoms with Crippen molar-refractivity contribution in [2.24, 2.45) is 0 Å². The van der Waals surface area contributed by atoms with Gasteiger partial charge in [-0.05, 0) is 12.8 Å². The Balaban J connectivity index is 0.000000148. The molecule has 1 fully saturated rings. The lowest BCUT2D eigenvalue weighted by Crippen LogP contribution is -1.76. The summed E-state index contributed by atoms with van der Waals surface area (Å²) in [6, 6.07) is 0. The third kappa shape index (κ3) is 11.4. The van der Waals surface area contributed by atoms with Crippen LogP contribution in [0.1, 0.15) is 12.8 Å². The van der Waals surface area contributed by atoms with Gasteiger partial charge in [-0.2, -0.15) is 0 Å². The molecule has 0 atom stereocenters. The van der Waals surface area contributed by atoms with E-state index in [1.54, 1.807) is 0 Å². The fourth-order valence-electron chi connectivity index (χ4n) is 0.510. The minimum absolute atomic E-state index is 1.00. The van der Waals surface area contributed by atoms with Gasteiger partial charge in [-0.25, -0.2) is 0 Å². The number of ether oxygens (including phenoxy) is 1. The van der Waals surface area contributed by atoms with Crippen LogP contribution < -0.4 is 0 Å². The Bertz CT molecular complexity index is 47.4. The summed E-state index contributed by atoms with van der Waals surface area (Å²) in [4.78, 5) is 0. The van der Waals surface area contributed by atoms with E-state index in [9.17, 15) is 12.9 Å². The van der Waals surface area contributed by atoms with Crippen molar-refractivity contribution in [1.82, 2.24) is 0 Å². The molecule has 9 heavy (non-hydrogen) atoms. The van der Waals surface area contributed by atoms with Gasteiger partial charge in [-0.1, -0.05) is 0 Å². The van der Waals surface area contributed by atoms with Gasteiger partial charge in [0.2, 0.25) is 0 Å². The number of hydrogen-bond donors (Lipinski definition) is 0. The van der Waals surface area contributed by atoms with E-state index in [2.05, 4.69) is 0 Å². The third-order valence-electron chi connectivity index (χ3n) is 0.827. The van der Waals surface area contributed by atoms with Crippen LogP contribution in [0.5, 0.6) is 0 Å². The van der Waals surface area contributed by atoms with Crippen molar-refractivity contribution in [2.75, 3.05) is 13.2 Å². The van der Waals surface area contributed by atoms with Crippen molar-refractivity contribution in [2.45, 2.75) is 12.8 Å². The quantitative estimate of drug-likeness (QED) is 0.465. The monoisotopic (exact) mass is 140 g/mol. The molecule has 0 saturated carbocycles. The molecule has 1 aliphatic heterocycles. The van der Waals surface area contributed by atoms with Crippen molar-refractivity contribution in [1.29, 1.82) is 0 Å². The lowest BCUT2D eigenvalue weighted by molar-refractivity contribution is 0.198. The predicted octanol–water partition coefficient (Wildman–Crippen LogP) is 1.68. The van der Waals surface area contributed by atoms with E-state index in [1.807, 2.05) is 0 Å². The average Bonchev–Trinajstić information content (AvgIpc) is 2.11. The van der Waals surface area contributed by atoms with E-state index in [1.165, 1.54) is 12.8 Å². The largest absolute Gasteiger partial charge is 0.762 e. The van der Waals surface area contributed by atoms with Gasteiger partial charge in [0.05, 0.1) is 0 Å². The minimum atomic E-state index is -3.67. The lowest BCUT2D eigenvalue weighted by atomic mass is 10.4. The Morgan fingerprint density at radius 3 is 1.44 bits per heavy atom. The van der Waals surface area contributed by atoms with E-state index in [-0.39, 0.29) is 0 Å². The summed E-state index contributed by atoms with van der Waals surface area (Å²) in [6.45, 7) is 2.00. The SMILES string of the molecule is C1CCOC1.FB(F)F. The van der Waals surface area contributed by atoms with Gasteiger partial charge in [0.15, 0.2) is 0 Å². The second-order valence-electron chi connectivity index (χ2n) is 1.57. The van der Waals surface area contributed by atoms with E-state index in [0.717, 1.165) is 13.2 Å². The Morgan fingerprint density at radius 2 is 1.33 bits per heavy atom. The molecule has 0 aliphatic carbocycles. The molecule has 0 bridgehead atoms. The van der Waals surface area contributed by atoms with E-state index in [0.29, 0.717) is 0 Å². The molecule has 0 aromatic heterocycles. The van der Waals surface area contributed by atoms with E-state index >= 15 is 0 Å². The summed E-state index contributed by atoms with van der Waals surface area (Å²) in [5, 5.41) is 0. The first-order valence-electron chi connectivity index (χ1n) is 2.73. The second-order valence-corrected chi connectivity index (χ2v) is 1.57. The predicted molar refractivity (Wildman–Crippen MR) is 29.1 cm³/mol. The molecule has 54 valence electrons. The highest BCUT2D eigenvalue weighted by atomic mass is 19.4. The highest BCUT2D eigenvalue weighted by Gasteiger charge is 2.06. The minimum Gasteiger partial charge on any atom is -0.381 e. The van der Waals surface area contributed by atoms with Crippen LogP contribution in [0.3, 0.4) is 0 Å². The molecule has 1 nitrogen and oxygen atoms in total. The van der Waals surface area contributed by atoms with Gasteiger partial charge < -0.3 is 4.74 Å². The maximum atomic E-state index is 9.67. The van der Waals surface area contributed by atoms with Crippen LogP contribution in [0, 0.1) is 0 Å². The molecule has 0 aromatic rings. The van der Waals surface area contributed by atoms with Crippen LogP contribution >= 0.6 is 0 Å². The maximum Gasteiger partial charge on any atom is 0.762 e. The Kier molecular flexibility index (Phi) is 5.82. The molecule has 5 heteroatoms. The van der Waals surface area contributed by atoms with E-state index < -0.39 is 7.54 Å². The lowest BCUT2D eigenvalue weighted by Gasteiger charge is -1.76. The molecule has 1 rings (SSSR count). The van der Waals surface area contributed by atoms with Crippen LogP contribution in [0.15, 0.2) is 0 Å². The smallest absolute Gasteiger partial charge is 0.381 e. The molecule has 0 radical (unpaired) electrons. The van der Waals surface area contributed by atoms with Crippen molar-refractivity contribution in [3.05, 3.63) is 0 Å². The Hall–Kier alpha value is -0.185. The standard InChI is InChI=1S/C4H8O.BF3/c1-2-4-5-3-1;2-1(3)4/h1-4H2;. The van der Waals surface area contributed by atoms with Gasteiger partial charge in [0.25, 0.3) is 0 Å². The van der Waals surface area contributed by atoms with Gasteiger partial charge in [-0.15, -0.1) is 0 Å². The first-order chi connectivity index (χ1) is 4.23. The van der Waals surface area contributed by atoms with Crippen molar-refractivity contribution in [3.8, 4) is 0 Å². The number of rotatable bonds is 0. The highest BCUT2D eigenvalue weighted by molar-refractivity contribution is 6.33. The zero-order valence-corrected chi connectivity index (χ0v) is 4.95. The van der Waals surface area contributed by atoms with E-state index in [4.69, 9.17) is 4.74 Å². The normalized spacial score (nSPS) is 16.3. The molecule has 0 spiro atoms. The summed E-state index contributed by atoms with van der Waals surface area (Å²) in [7, 11) is -3.67. The van der Waals surface area contributed by atoms with Gasteiger partial charge in [-0.3, -0.25) is 12.9 Å². The fraction of sp³-hybridized carbons (Fsp3) is 1.00. The summed E-state index contributed by atoms with van der Waals surface area (Å²) in [5.41, 5.74) is 0. The number of hydrogen-bond acceptors (Lipinski definition) is 1. The van der Waals surface area contributed by atoms with Crippen LogP contribution in [0.4, 0.5) is 12.9 Å². The zero-order chi connectivity index (χ0) is 7.11. The van der Waals surface area contributed by atoms with Crippen molar-refractivity contribution >= 4 is 7.54 Å². The summed E-state index contributed by atoms with van der Waals surface area (Å²) in [5.74, 6) is 0. The average molecular weight is 140 g/mol. The van der Waals surface area contributed by atoms with Gasteiger partial charge in [0.1, 0.15) is 0 Å². The molecular weight excluding hydrogens is 132 g/mol. The zero-order valence-electron chi connectivity index (χ0n) is 4.95. The third-order valence-corrected chi connectivity index (χ3v) is 0.827.